The standard InChI is InChI=1S/C10H12O4/c1-13-10-6-8(2-3-9(10)12)4-5-14-7-11/h2-6,11-12H,7H2,1H3/b5-4-. The van der Waals surface area contributed by atoms with Crippen LogP contribution in [0.2, 0.25) is 0 Å². The van der Waals surface area contributed by atoms with E-state index in [2.05, 4.69) is 4.74 Å². The van der Waals surface area contributed by atoms with Crippen LogP contribution in [0.4, 0.5) is 0 Å². The number of phenols is 1. The van der Waals surface area contributed by atoms with Crippen LogP contribution in [0.15, 0.2) is 24.5 Å². The quantitative estimate of drug-likeness (QED) is 0.563. The fourth-order valence-electron chi connectivity index (χ4n) is 0.968. The van der Waals surface area contributed by atoms with Crippen molar-refractivity contribution < 1.29 is 19.7 Å². The summed E-state index contributed by atoms with van der Waals surface area (Å²) in [7, 11) is 1.48. The van der Waals surface area contributed by atoms with Gasteiger partial charge in [-0.25, -0.2) is 0 Å². The number of aliphatic hydroxyl groups is 1. The summed E-state index contributed by atoms with van der Waals surface area (Å²) in [6.45, 7) is -0.355. The number of hydrogen-bond donors (Lipinski definition) is 2. The number of aromatic hydroxyl groups is 1. The summed E-state index contributed by atoms with van der Waals surface area (Å²) in [5, 5.41) is 17.6. The first-order valence-electron chi connectivity index (χ1n) is 4.04. The van der Waals surface area contributed by atoms with Crippen LogP contribution in [-0.2, 0) is 4.74 Å². The molecule has 4 nitrogen and oxygen atoms in total. The number of hydrogen-bond acceptors (Lipinski definition) is 4. The Bertz CT molecular complexity index is 320. The van der Waals surface area contributed by atoms with Gasteiger partial charge in [-0.05, 0) is 23.8 Å². The molecular weight excluding hydrogens is 184 g/mol. The van der Waals surface area contributed by atoms with E-state index in [-0.39, 0.29) is 12.5 Å². The van der Waals surface area contributed by atoms with Crippen molar-refractivity contribution in [2.45, 2.75) is 0 Å². The highest BCUT2D eigenvalue weighted by Gasteiger charge is 1.99. The summed E-state index contributed by atoms with van der Waals surface area (Å²) in [4.78, 5) is 0. The van der Waals surface area contributed by atoms with Gasteiger partial charge in [0.25, 0.3) is 0 Å². The van der Waals surface area contributed by atoms with E-state index >= 15 is 0 Å². The van der Waals surface area contributed by atoms with Crippen molar-refractivity contribution in [1.82, 2.24) is 0 Å². The Balaban J connectivity index is 2.79. The Morgan fingerprint density at radius 3 is 2.86 bits per heavy atom. The molecule has 0 aliphatic rings. The number of phenolic OH excluding ortho intramolecular Hbond substituents is 1. The maximum Gasteiger partial charge on any atom is 0.185 e. The number of aliphatic hydroxyl groups excluding tert-OH is 1. The van der Waals surface area contributed by atoms with E-state index in [1.54, 1.807) is 18.2 Å². The Kier molecular flexibility index (Phi) is 3.82. The maximum absolute atomic E-state index is 9.29. The Hall–Kier alpha value is -1.68. The molecule has 4 heteroatoms. The number of rotatable bonds is 4. The van der Waals surface area contributed by atoms with Crippen LogP contribution in [0, 0.1) is 0 Å². The first kappa shape index (κ1) is 10.4. The van der Waals surface area contributed by atoms with Gasteiger partial charge in [0.1, 0.15) is 0 Å². The molecule has 0 saturated heterocycles. The predicted octanol–water partition coefficient (Wildman–Crippen LogP) is 1.34. The van der Waals surface area contributed by atoms with Crippen molar-refractivity contribution >= 4 is 6.08 Å². The van der Waals surface area contributed by atoms with Crippen molar-refractivity contribution in [3.05, 3.63) is 30.0 Å². The van der Waals surface area contributed by atoms with Gasteiger partial charge in [0.15, 0.2) is 18.3 Å². The zero-order valence-electron chi connectivity index (χ0n) is 7.80. The summed E-state index contributed by atoms with van der Waals surface area (Å²) in [5.41, 5.74) is 0.813. The second kappa shape index (κ2) is 5.14. The SMILES string of the molecule is COc1cc(/C=C\OCO)ccc1O. The van der Waals surface area contributed by atoms with Crippen molar-refractivity contribution in [2.75, 3.05) is 13.9 Å². The van der Waals surface area contributed by atoms with Crippen LogP contribution in [0.3, 0.4) is 0 Å². The Labute approximate surface area is 82.0 Å². The average Bonchev–Trinajstić information content (AvgIpc) is 2.21. The van der Waals surface area contributed by atoms with Crippen molar-refractivity contribution in [3.8, 4) is 11.5 Å². The van der Waals surface area contributed by atoms with Gasteiger partial charge in [0, 0.05) is 0 Å². The number of benzene rings is 1. The summed E-state index contributed by atoms with van der Waals surface area (Å²) >= 11 is 0. The average molecular weight is 196 g/mol. The second-order valence-electron chi connectivity index (χ2n) is 2.53. The molecule has 0 fully saturated rings. The molecule has 0 aliphatic carbocycles. The van der Waals surface area contributed by atoms with Crippen LogP contribution in [0.5, 0.6) is 11.5 Å². The molecule has 0 bridgehead atoms. The van der Waals surface area contributed by atoms with Gasteiger partial charge in [-0.2, -0.15) is 0 Å². The Morgan fingerprint density at radius 2 is 2.21 bits per heavy atom. The highest BCUT2D eigenvalue weighted by molar-refractivity contribution is 5.54. The summed E-state index contributed by atoms with van der Waals surface area (Å²) in [6.07, 6.45) is 3.02. The zero-order valence-corrected chi connectivity index (χ0v) is 7.80. The lowest BCUT2D eigenvalue weighted by molar-refractivity contribution is 0.0614. The van der Waals surface area contributed by atoms with Gasteiger partial charge in [-0.1, -0.05) is 6.07 Å². The maximum atomic E-state index is 9.29. The molecule has 0 heterocycles. The minimum absolute atomic E-state index is 0.0905. The molecule has 2 N–H and O–H groups in total. The van der Waals surface area contributed by atoms with Gasteiger partial charge in [-0.15, -0.1) is 0 Å². The van der Waals surface area contributed by atoms with E-state index in [4.69, 9.17) is 9.84 Å². The third-order valence-electron chi connectivity index (χ3n) is 1.64. The second-order valence-corrected chi connectivity index (χ2v) is 2.53. The molecule has 0 saturated carbocycles. The van der Waals surface area contributed by atoms with E-state index in [0.29, 0.717) is 5.75 Å². The molecular formula is C10H12O4. The third-order valence-corrected chi connectivity index (χ3v) is 1.64. The molecule has 76 valence electrons. The summed E-state index contributed by atoms with van der Waals surface area (Å²) in [6, 6.07) is 4.89. The van der Waals surface area contributed by atoms with Crippen molar-refractivity contribution in [2.24, 2.45) is 0 Å². The monoisotopic (exact) mass is 196 g/mol. The normalized spacial score (nSPS) is 10.4. The molecule has 0 spiro atoms. The van der Waals surface area contributed by atoms with Crippen molar-refractivity contribution in [3.63, 3.8) is 0 Å². The lowest BCUT2D eigenvalue weighted by atomic mass is 10.2. The van der Waals surface area contributed by atoms with Crippen LogP contribution in [0.1, 0.15) is 5.56 Å². The van der Waals surface area contributed by atoms with Gasteiger partial charge in [0.05, 0.1) is 13.4 Å². The largest absolute Gasteiger partial charge is 0.504 e. The highest BCUT2D eigenvalue weighted by atomic mass is 16.6. The van der Waals surface area contributed by atoms with E-state index in [0.717, 1.165) is 5.56 Å². The van der Waals surface area contributed by atoms with Crippen molar-refractivity contribution in [1.29, 1.82) is 0 Å². The number of methoxy groups -OCH3 is 1. The third kappa shape index (κ3) is 2.67. The molecule has 0 unspecified atom stereocenters. The molecule has 0 amide bonds. The molecule has 0 radical (unpaired) electrons. The smallest absolute Gasteiger partial charge is 0.185 e. The molecule has 1 rings (SSSR count). The van der Waals surface area contributed by atoms with Gasteiger partial charge in [0.2, 0.25) is 0 Å². The number of ether oxygens (including phenoxy) is 2. The molecule has 0 aromatic heterocycles. The first-order chi connectivity index (χ1) is 6.77. The molecule has 0 atom stereocenters. The molecule has 14 heavy (non-hydrogen) atoms. The minimum Gasteiger partial charge on any atom is -0.504 e. The zero-order chi connectivity index (χ0) is 10.4. The lowest BCUT2D eigenvalue weighted by Crippen LogP contribution is -1.85. The van der Waals surface area contributed by atoms with Crippen LogP contribution in [-0.4, -0.2) is 24.1 Å². The van der Waals surface area contributed by atoms with Crippen LogP contribution >= 0.6 is 0 Å². The summed E-state index contributed by atoms with van der Waals surface area (Å²) < 4.78 is 9.53. The van der Waals surface area contributed by atoms with E-state index < -0.39 is 0 Å². The van der Waals surface area contributed by atoms with E-state index in [1.807, 2.05) is 0 Å². The first-order valence-corrected chi connectivity index (χ1v) is 4.04. The van der Waals surface area contributed by atoms with E-state index in [1.165, 1.54) is 19.4 Å². The van der Waals surface area contributed by atoms with Gasteiger partial charge >= 0.3 is 0 Å². The van der Waals surface area contributed by atoms with Crippen LogP contribution in [0.25, 0.3) is 6.08 Å². The topological polar surface area (TPSA) is 58.9 Å². The van der Waals surface area contributed by atoms with Gasteiger partial charge in [-0.3, -0.25) is 0 Å². The predicted molar refractivity (Wildman–Crippen MR) is 51.9 cm³/mol. The fraction of sp³-hybridized carbons (Fsp3) is 0.200. The lowest BCUT2D eigenvalue weighted by Gasteiger charge is -2.03. The minimum atomic E-state index is -0.355. The fourth-order valence-corrected chi connectivity index (χ4v) is 0.968. The molecule has 1 aromatic carbocycles. The Morgan fingerprint density at radius 1 is 1.43 bits per heavy atom. The molecule has 1 aromatic rings. The van der Waals surface area contributed by atoms with Crippen LogP contribution < -0.4 is 4.74 Å². The van der Waals surface area contributed by atoms with E-state index in [9.17, 15) is 5.11 Å². The summed E-state index contributed by atoms with van der Waals surface area (Å²) in [5.74, 6) is 0.490. The van der Waals surface area contributed by atoms with Gasteiger partial charge < -0.3 is 19.7 Å². The molecule has 0 aliphatic heterocycles. The highest BCUT2D eigenvalue weighted by Crippen LogP contribution is 2.26.